The SMILES string of the molecule is NC(N)=NC(=O)c1cn(-c2cccc3ccccc23)c(=O)c2ccccc12. The lowest BCUT2D eigenvalue weighted by molar-refractivity contribution is 0.100. The minimum absolute atomic E-state index is 0.219. The molecule has 1 heterocycles. The van der Waals surface area contributed by atoms with Crippen molar-refractivity contribution in [3.8, 4) is 5.69 Å². The Morgan fingerprint density at radius 2 is 1.44 bits per heavy atom. The normalized spacial score (nSPS) is 10.8. The number of hydrogen-bond acceptors (Lipinski definition) is 2. The molecular weight excluding hydrogens is 340 g/mol. The van der Waals surface area contributed by atoms with Crippen LogP contribution in [0.1, 0.15) is 10.4 Å². The summed E-state index contributed by atoms with van der Waals surface area (Å²) in [5.41, 5.74) is 11.5. The Morgan fingerprint density at radius 1 is 0.815 bits per heavy atom. The molecule has 132 valence electrons. The third kappa shape index (κ3) is 2.83. The maximum absolute atomic E-state index is 13.1. The number of pyridine rings is 1. The molecule has 0 aliphatic rings. The molecule has 0 aliphatic heterocycles. The lowest BCUT2D eigenvalue weighted by atomic mass is 10.1. The van der Waals surface area contributed by atoms with E-state index in [2.05, 4.69) is 4.99 Å². The van der Waals surface area contributed by atoms with E-state index in [0.717, 1.165) is 10.8 Å². The summed E-state index contributed by atoms with van der Waals surface area (Å²) in [4.78, 5) is 29.3. The van der Waals surface area contributed by atoms with E-state index in [1.807, 2.05) is 42.5 Å². The van der Waals surface area contributed by atoms with Crippen LogP contribution in [0.4, 0.5) is 0 Å². The van der Waals surface area contributed by atoms with E-state index < -0.39 is 5.91 Å². The molecule has 0 atom stereocenters. The number of guanidine groups is 1. The third-order valence-corrected chi connectivity index (χ3v) is 4.41. The molecule has 4 aromatic rings. The average molecular weight is 356 g/mol. The summed E-state index contributed by atoms with van der Waals surface area (Å²) in [6, 6.07) is 20.3. The Balaban J connectivity index is 2.10. The van der Waals surface area contributed by atoms with Gasteiger partial charge in [-0.1, -0.05) is 54.6 Å². The number of amides is 1. The molecule has 1 amide bonds. The zero-order valence-electron chi connectivity index (χ0n) is 14.3. The van der Waals surface area contributed by atoms with Crippen LogP contribution in [0.25, 0.3) is 27.2 Å². The first-order chi connectivity index (χ1) is 13.1. The van der Waals surface area contributed by atoms with Gasteiger partial charge in [0.25, 0.3) is 11.5 Å². The Labute approximate surface area is 154 Å². The highest BCUT2D eigenvalue weighted by Gasteiger charge is 2.16. The number of nitrogens with two attached hydrogens (primary N) is 2. The van der Waals surface area contributed by atoms with Crippen molar-refractivity contribution in [2.24, 2.45) is 16.5 Å². The second kappa shape index (κ2) is 6.42. The Morgan fingerprint density at radius 3 is 2.19 bits per heavy atom. The van der Waals surface area contributed by atoms with Gasteiger partial charge in [0, 0.05) is 22.4 Å². The first-order valence-corrected chi connectivity index (χ1v) is 8.33. The topological polar surface area (TPSA) is 103 Å². The highest BCUT2D eigenvalue weighted by Crippen LogP contribution is 2.24. The fourth-order valence-electron chi connectivity index (χ4n) is 3.24. The van der Waals surface area contributed by atoms with Gasteiger partial charge in [-0.25, -0.2) is 0 Å². The van der Waals surface area contributed by atoms with E-state index in [1.165, 1.54) is 10.8 Å². The zero-order chi connectivity index (χ0) is 19.0. The van der Waals surface area contributed by atoms with E-state index in [-0.39, 0.29) is 17.1 Å². The van der Waals surface area contributed by atoms with Crippen molar-refractivity contribution < 1.29 is 4.79 Å². The van der Waals surface area contributed by atoms with Crippen LogP contribution in [-0.4, -0.2) is 16.4 Å². The minimum atomic E-state index is -0.597. The number of carbonyl (C=O) groups is 1. The highest BCUT2D eigenvalue weighted by molar-refractivity contribution is 6.10. The molecule has 4 N–H and O–H groups in total. The van der Waals surface area contributed by atoms with Crippen molar-refractivity contribution in [3.05, 3.63) is 88.8 Å². The molecule has 0 aliphatic carbocycles. The number of fused-ring (bicyclic) bond motifs is 2. The predicted molar refractivity (Wildman–Crippen MR) is 107 cm³/mol. The highest BCUT2D eigenvalue weighted by atomic mass is 16.1. The molecule has 0 saturated heterocycles. The van der Waals surface area contributed by atoms with Crippen molar-refractivity contribution in [2.45, 2.75) is 0 Å². The molecule has 0 unspecified atom stereocenters. The van der Waals surface area contributed by atoms with E-state index in [1.54, 1.807) is 24.3 Å². The monoisotopic (exact) mass is 356 g/mol. The molecule has 6 nitrogen and oxygen atoms in total. The van der Waals surface area contributed by atoms with E-state index in [0.29, 0.717) is 16.5 Å². The molecule has 0 saturated carbocycles. The van der Waals surface area contributed by atoms with Gasteiger partial charge in [0.05, 0.1) is 11.3 Å². The van der Waals surface area contributed by atoms with Crippen molar-refractivity contribution in [3.63, 3.8) is 0 Å². The summed E-state index contributed by atoms with van der Waals surface area (Å²) in [6.45, 7) is 0. The number of aliphatic imine (C=N–C) groups is 1. The van der Waals surface area contributed by atoms with Crippen LogP contribution in [0, 0.1) is 0 Å². The van der Waals surface area contributed by atoms with Crippen LogP contribution in [0.15, 0.2) is 82.7 Å². The molecule has 0 bridgehead atoms. The Hall–Kier alpha value is -3.93. The largest absolute Gasteiger partial charge is 0.370 e. The summed E-state index contributed by atoms with van der Waals surface area (Å²) in [5.74, 6) is -0.924. The summed E-state index contributed by atoms with van der Waals surface area (Å²) in [7, 11) is 0. The second-order valence-corrected chi connectivity index (χ2v) is 6.10. The zero-order valence-corrected chi connectivity index (χ0v) is 14.3. The van der Waals surface area contributed by atoms with Crippen LogP contribution in [0.5, 0.6) is 0 Å². The average Bonchev–Trinajstić information content (AvgIpc) is 2.67. The van der Waals surface area contributed by atoms with Crippen molar-refractivity contribution >= 4 is 33.4 Å². The molecule has 0 spiro atoms. The summed E-state index contributed by atoms with van der Waals surface area (Å²) < 4.78 is 1.47. The molecule has 4 rings (SSSR count). The van der Waals surface area contributed by atoms with Crippen LogP contribution < -0.4 is 17.0 Å². The maximum Gasteiger partial charge on any atom is 0.282 e. The van der Waals surface area contributed by atoms with Gasteiger partial charge >= 0.3 is 0 Å². The summed E-state index contributed by atoms with van der Waals surface area (Å²) in [6.07, 6.45) is 1.50. The smallest absolute Gasteiger partial charge is 0.282 e. The summed E-state index contributed by atoms with van der Waals surface area (Å²) in [5, 5.41) is 2.82. The molecule has 1 aromatic heterocycles. The quantitative estimate of drug-likeness (QED) is 0.425. The predicted octanol–water partition coefficient (Wildman–Crippen LogP) is 2.56. The molecule has 27 heavy (non-hydrogen) atoms. The van der Waals surface area contributed by atoms with Crippen molar-refractivity contribution in [1.29, 1.82) is 0 Å². The van der Waals surface area contributed by atoms with E-state index >= 15 is 0 Å². The van der Waals surface area contributed by atoms with Gasteiger partial charge in [0.2, 0.25) is 0 Å². The van der Waals surface area contributed by atoms with Crippen LogP contribution in [0.2, 0.25) is 0 Å². The first kappa shape index (κ1) is 16.5. The molecular formula is C21H16N4O2. The van der Waals surface area contributed by atoms with E-state index in [4.69, 9.17) is 11.5 Å². The van der Waals surface area contributed by atoms with Gasteiger partial charge in [-0.15, -0.1) is 0 Å². The number of nitrogens with zero attached hydrogens (tertiary/aromatic N) is 2. The molecule has 3 aromatic carbocycles. The fraction of sp³-hybridized carbons (Fsp3) is 0. The molecule has 0 radical (unpaired) electrons. The Bertz CT molecular complexity index is 1280. The number of hydrogen-bond donors (Lipinski definition) is 2. The number of benzene rings is 3. The minimum Gasteiger partial charge on any atom is -0.370 e. The van der Waals surface area contributed by atoms with Crippen LogP contribution >= 0.6 is 0 Å². The van der Waals surface area contributed by atoms with Gasteiger partial charge in [-0.05, 0) is 17.5 Å². The lowest BCUT2D eigenvalue weighted by Crippen LogP contribution is -2.25. The van der Waals surface area contributed by atoms with Crippen LogP contribution in [0.3, 0.4) is 0 Å². The Kier molecular flexibility index (Phi) is 3.93. The number of carbonyl (C=O) groups excluding carboxylic acids is 1. The van der Waals surface area contributed by atoms with Crippen molar-refractivity contribution in [2.75, 3.05) is 0 Å². The molecule has 6 heteroatoms. The van der Waals surface area contributed by atoms with Gasteiger partial charge in [-0.2, -0.15) is 4.99 Å². The maximum atomic E-state index is 13.1. The van der Waals surface area contributed by atoms with Gasteiger partial charge in [0.1, 0.15) is 0 Å². The third-order valence-electron chi connectivity index (χ3n) is 4.41. The fourth-order valence-corrected chi connectivity index (χ4v) is 3.24. The lowest BCUT2D eigenvalue weighted by Gasteiger charge is -2.13. The first-order valence-electron chi connectivity index (χ1n) is 8.33. The van der Waals surface area contributed by atoms with Crippen LogP contribution in [-0.2, 0) is 0 Å². The number of rotatable bonds is 2. The van der Waals surface area contributed by atoms with Gasteiger partial charge in [-0.3, -0.25) is 14.2 Å². The van der Waals surface area contributed by atoms with Gasteiger partial charge < -0.3 is 11.5 Å². The van der Waals surface area contributed by atoms with E-state index in [9.17, 15) is 9.59 Å². The van der Waals surface area contributed by atoms with Gasteiger partial charge in [0.15, 0.2) is 5.96 Å². The summed E-state index contributed by atoms with van der Waals surface area (Å²) >= 11 is 0. The second-order valence-electron chi connectivity index (χ2n) is 6.10. The molecule has 0 fully saturated rings. The van der Waals surface area contributed by atoms with Crippen molar-refractivity contribution in [1.82, 2.24) is 4.57 Å². The standard InChI is InChI=1S/C21H16N4O2/c22-21(23)24-19(26)17-12-25(20(27)16-10-4-3-9-15(16)17)18-11-5-7-13-6-1-2-8-14(13)18/h1-12H,(H4,22,23,24,26). The number of aromatic nitrogens is 1.